The second kappa shape index (κ2) is 11.3. The summed E-state index contributed by atoms with van der Waals surface area (Å²) in [4.78, 5) is 27.5. The number of rotatable bonds is 9. The van der Waals surface area contributed by atoms with Gasteiger partial charge in [-0.1, -0.05) is 43.1 Å². The zero-order valence-electron chi connectivity index (χ0n) is 19.7. The minimum absolute atomic E-state index is 0.0102. The first-order valence-corrected chi connectivity index (χ1v) is 11.9. The molecule has 1 fully saturated rings. The number of methoxy groups -OCH3 is 1. The molecular weight excluding hydrogens is 477 g/mol. The van der Waals surface area contributed by atoms with E-state index < -0.39 is 17.7 Å². The van der Waals surface area contributed by atoms with Crippen molar-refractivity contribution in [3.63, 3.8) is 0 Å². The van der Waals surface area contributed by atoms with Crippen LogP contribution in [-0.4, -0.2) is 48.6 Å². The number of amides is 1. The van der Waals surface area contributed by atoms with Crippen LogP contribution in [0.1, 0.15) is 43.0 Å². The van der Waals surface area contributed by atoms with E-state index >= 15 is 0 Å². The molecule has 0 aromatic heterocycles. The molecule has 0 unspecified atom stereocenters. The molecule has 1 aliphatic heterocycles. The van der Waals surface area contributed by atoms with E-state index in [0.29, 0.717) is 52.5 Å². The molecule has 34 heavy (non-hydrogen) atoms. The van der Waals surface area contributed by atoms with Crippen molar-refractivity contribution in [3.8, 4) is 5.75 Å². The number of nitrogens with zero attached hydrogens (tertiary/aromatic N) is 1. The van der Waals surface area contributed by atoms with E-state index in [0.717, 1.165) is 5.56 Å². The van der Waals surface area contributed by atoms with Crippen molar-refractivity contribution in [1.82, 2.24) is 4.90 Å². The normalized spacial score (nSPS) is 17.6. The number of hydrogen-bond donors (Lipinski definition) is 1. The summed E-state index contributed by atoms with van der Waals surface area (Å²) in [7, 11) is 1.57. The van der Waals surface area contributed by atoms with Crippen LogP contribution in [0.3, 0.4) is 0 Å². The Morgan fingerprint density at radius 3 is 2.47 bits per heavy atom. The number of hydrogen-bond acceptors (Lipinski definition) is 5. The Morgan fingerprint density at radius 1 is 1.12 bits per heavy atom. The molecule has 0 aliphatic carbocycles. The van der Waals surface area contributed by atoms with Gasteiger partial charge in [0.2, 0.25) is 0 Å². The third-order valence-corrected chi connectivity index (χ3v) is 6.31. The van der Waals surface area contributed by atoms with Gasteiger partial charge in [0.1, 0.15) is 11.5 Å². The van der Waals surface area contributed by atoms with Crippen LogP contribution in [0, 0.1) is 12.8 Å². The topological polar surface area (TPSA) is 76.1 Å². The second-order valence-corrected chi connectivity index (χ2v) is 9.51. The molecule has 1 amide bonds. The maximum Gasteiger partial charge on any atom is 0.295 e. The molecular formula is C26H29Cl2NO5. The summed E-state index contributed by atoms with van der Waals surface area (Å²) < 4.78 is 10.9. The van der Waals surface area contributed by atoms with Gasteiger partial charge in [-0.05, 0) is 60.7 Å². The van der Waals surface area contributed by atoms with Crippen molar-refractivity contribution >= 4 is 40.7 Å². The SMILES string of the molecule is COCCCN1C(=O)C(=O)C(=C(O)c2ccc(OCC(C)C)c(C)c2)[C@H]1c1ccc(Cl)c(Cl)c1. The smallest absolute Gasteiger partial charge is 0.295 e. The van der Waals surface area contributed by atoms with Crippen LogP contribution in [-0.2, 0) is 14.3 Å². The number of aliphatic hydroxyl groups is 1. The Hall–Kier alpha value is -2.54. The number of ether oxygens (including phenoxy) is 2. The van der Waals surface area contributed by atoms with E-state index in [1.807, 2.05) is 6.92 Å². The zero-order chi connectivity index (χ0) is 25.0. The highest BCUT2D eigenvalue weighted by molar-refractivity contribution is 6.46. The number of Topliss-reactive ketones (excluding diaryl/α,β-unsaturated/α-hetero) is 1. The van der Waals surface area contributed by atoms with Gasteiger partial charge in [0.15, 0.2) is 0 Å². The average molecular weight is 506 g/mol. The van der Waals surface area contributed by atoms with Crippen molar-refractivity contribution in [1.29, 1.82) is 0 Å². The Labute approximate surface area is 210 Å². The summed E-state index contributed by atoms with van der Waals surface area (Å²) in [5, 5.41) is 11.9. The molecule has 0 spiro atoms. The summed E-state index contributed by atoms with van der Waals surface area (Å²) in [6, 6.07) is 9.32. The van der Waals surface area contributed by atoms with Gasteiger partial charge in [0, 0.05) is 25.8 Å². The van der Waals surface area contributed by atoms with Crippen LogP contribution in [0.5, 0.6) is 5.75 Å². The minimum Gasteiger partial charge on any atom is -0.507 e. The molecule has 0 radical (unpaired) electrons. The molecule has 6 nitrogen and oxygen atoms in total. The van der Waals surface area contributed by atoms with Crippen LogP contribution in [0.4, 0.5) is 0 Å². The minimum atomic E-state index is -0.802. The lowest BCUT2D eigenvalue weighted by molar-refractivity contribution is -0.140. The number of carbonyl (C=O) groups excluding carboxylic acids is 2. The summed E-state index contributed by atoms with van der Waals surface area (Å²) in [6.45, 7) is 7.26. The van der Waals surface area contributed by atoms with Gasteiger partial charge in [-0.2, -0.15) is 0 Å². The molecule has 1 aliphatic rings. The summed E-state index contributed by atoms with van der Waals surface area (Å²) in [6.07, 6.45) is 0.530. The summed E-state index contributed by atoms with van der Waals surface area (Å²) >= 11 is 12.3. The Bertz CT molecular complexity index is 1110. The Morgan fingerprint density at radius 2 is 1.85 bits per heavy atom. The standard InChI is InChI=1S/C26H29Cl2NO5/c1-15(2)14-34-21-9-7-18(12-16(21)3)24(30)22-23(17-6-8-19(27)20(28)13-17)29(10-5-11-33-4)26(32)25(22)31/h6-9,12-13,15,23,30H,5,10-11,14H2,1-4H3/t23-/m1/s1. The largest absolute Gasteiger partial charge is 0.507 e. The summed E-state index contributed by atoms with van der Waals surface area (Å²) in [5.41, 5.74) is 1.83. The van der Waals surface area contributed by atoms with E-state index in [1.165, 1.54) is 4.90 Å². The van der Waals surface area contributed by atoms with Crippen molar-refractivity contribution in [2.75, 3.05) is 26.9 Å². The first-order chi connectivity index (χ1) is 16.1. The Balaban J connectivity index is 2.08. The molecule has 0 bridgehead atoms. The molecule has 8 heteroatoms. The van der Waals surface area contributed by atoms with Gasteiger partial charge >= 0.3 is 0 Å². The first-order valence-electron chi connectivity index (χ1n) is 11.1. The number of carbonyl (C=O) groups is 2. The van der Waals surface area contributed by atoms with Crippen molar-refractivity contribution < 1.29 is 24.2 Å². The van der Waals surface area contributed by atoms with Gasteiger partial charge in [-0.3, -0.25) is 9.59 Å². The molecule has 1 atom stereocenters. The molecule has 1 saturated heterocycles. The van der Waals surface area contributed by atoms with Gasteiger partial charge in [0.05, 0.1) is 28.3 Å². The van der Waals surface area contributed by atoms with Crippen molar-refractivity contribution in [2.45, 2.75) is 33.2 Å². The first kappa shape index (κ1) is 26.1. The molecule has 2 aromatic rings. The predicted octanol–water partition coefficient (Wildman–Crippen LogP) is 5.79. The van der Waals surface area contributed by atoms with Gasteiger partial charge in [-0.15, -0.1) is 0 Å². The number of ketones is 1. The van der Waals surface area contributed by atoms with Crippen molar-refractivity contribution in [3.05, 3.63) is 68.7 Å². The maximum atomic E-state index is 13.1. The maximum absolute atomic E-state index is 13.1. The van der Waals surface area contributed by atoms with E-state index in [4.69, 9.17) is 32.7 Å². The fraction of sp³-hybridized carbons (Fsp3) is 0.385. The zero-order valence-corrected chi connectivity index (χ0v) is 21.2. The highest BCUT2D eigenvalue weighted by Gasteiger charge is 2.46. The van der Waals surface area contributed by atoms with Gasteiger partial charge in [0.25, 0.3) is 11.7 Å². The highest BCUT2D eigenvalue weighted by Crippen LogP contribution is 2.41. The number of benzene rings is 2. The molecule has 1 heterocycles. The van der Waals surface area contributed by atoms with E-state index in [1.54, 1.807) is 43.5 Å². The molecule has 2 aromatic carbocycles. The van der Waals surface area contributed by atoms with Crippen LogP contribution >= 0.6 is 23.2 Å². The molecule has 0 saturated carbocycles. The van der Waals surface area contributed by atoms with Gasteiger partial charge < -0.3 is 19.5 Å². The number of halogens is 2. The molecule has 1 N–H and O–H groups in total. The number of aryl methyl sites for hydroxylation is 1. The van der Waals surface area contributed by atoms with Crippen molar-refractivity contribution in [2.24, 2.45) is 5.92 Å². The van der Waals surface area contributed by atoms with Crippen LogP contribution in [0.2, 0.25) is 10.0 Å². The lowest BCUT2D eigenvalue weighted by atomic mass is 9.94. The fourth-order valence-corrected chi connectivity index (χ4v) is 4.20. The van der Waals surface area contributed by atoms with E-state index in [-0.39, 0.29) is 17.9 Å². The fourth-order valence-electron chi connectivity index (χ4n) is 3.89. The molecule has 3 rings (SSSR count). The second-order valence-electron chi connectivity index (χ2n) is 8.70. The lowest BCUT2D eigenvalue weighted by Gasteiger charge is -2.25. The quantitative estimate of drug-likeness (QED) is 0.202. The lowest BCUT2D eigenvalue weighted by Crippen LogP contribution is -2.31. The third-order valence-electron chi connectivity index (χ3n) is 5.57. The van der Waals surface area contributed by atoms with E-state index in [2.05, 4.69) is 13.8 Å². The van der Waals surface area contributed by atoms with Crippen LogP contribution in [0.15, 0.2) is 42.0 Å². The van der Waals surface area contributed by atoms with Crippen LogP contribution < -0.4 is 4.74 Å². The Kier molecular flexibility index (Phi) is 8.63. The monoisotopic (exact) mass is 505 g/mol. The number of aliphatic hydroxyl groups excluding tert-OH is 1. The highest BCUT2D eigenvalue weighted by atomic mass is 35.5. The predicted molar refractivity (Wildman–Crippen MR) is 133 cm³/mol. The third kappa shape index (κ3) is 5.57. The van der Waals surface area contributed by atoms with Gasteiger partial charge in [-0.25, -0.2) is 0 Å². The van der Waals surface area contributed by atoms with E-state index in [9.17, 15) is 14.7 Å². The van der Waals surface area contributed by atoms with Crippen LogP contribution in [0.25, 0.3) is 5.76 Å². The summed E-state index contributed by atoms with van der Waals surface area (Å²) in [5.74, 6) is -0.604. The molecule has 182 valence electrons. The number of likely N-dealkylation sites (tertiary alicyclic amines) is 1. The average Bonchev–Trinajstić information content (AvgIpc) is 3.04.